The van der Waals surface area contributed by atoms with Crippen LogP contribution in [0.5, 0.6) is 0 Å². The molecule has 0 saturated carbocycles. The van der Waals surface area contributed by atoms with Gasteiger partial charge in [-0.1, -0.05) is 29.3 Å². The highest BCUT2D eigenvalue weighted by Crippen LogP contribution is 2.36. The molecule has 6 nitrogen and oxygen atoms in total. The molecule has 4 rings (SSSR count). The van der Waals surface area contributed by atoms with Crippen LogP contribution in [0.15, 0.2) is 39.7 Å². The van der Waals surface area contributed by atoms with Crippen LogP contribution in [0.4, 0.5) is 4.79 Å². The number of carbonyl (C=O) groups excluding carboxylic acids is 3. The number of hydrogen-bond donors (Lipinski definition) is 0. The van der Waals surface area contributed by atoms with E-state index in [4.69, 9.17) is 27.6 Å². The van der Waals surface area contributed by atoms with Crippen LogP contribution < -0.4 is 0 Å². The van der Waals surface area contributed by atoms with Gasteiger partial charge in [0.05, 0.1) is 15.0 Å². The first-order valence-electron chi connectivity index (χ1n) is 9.51. The van der Waals surface area contributed by atoms with E-state index < -0.39 is 11.1 Å². The van der Waals surface area contributed by atoms with Crippen LogP contribution in [0.25, 0.3) is 17.4 Å². The van der Waals surface area contributed by atoms with Crippen molar-refractivity contribution in [1.29, 1.82) is 0 Å². The molecule has 0 radical (unpaired) electrons. The molecule has 2 saturated heterocycles. The van der Waals surface area contributed by atoms with Crippen LogP contribution in [-0.2, 0) is 9.59 Å². The average molecular weight is 465 g/mol. The number of piperidine rings is 1. The van der Waals surface area contributed by atoms with Crippen LogP contribution in [0.2, 0.25) is 10.0 Å². The molecule has 0 N–H and O–H groups in total. The topological polar surface area (TPSA) is 70.8 Å². The molecule has 156 valence electrons. The number of rotatable bonds is 4. The van der Waals surface area contributed by atoms with Crippen molar-refractivity contribution >= 4 is 58.1 Å². The molecule has 0 atom stereocenters. The molecule has 2 aliphatic rings. The Morgan fingerprint density at radius 1 is 1.10 bits per heavy atom. The van der Waals surface area contributed by atoms with Gasteiger partial charge in [0.25, 0.3) is 11.1 Å². The second-order valence-corrected chi connectivity index (χ2v) is 8.79. The quantitative estimate of drug-likeness (QED) is 0.573. The number of hydrogen-bond acceptors (Lipinski definition) is 5. The summed E-state index contributed by atoms with van der Waals surface area (Å²) >= 11 is 13.1. The van der Waals surface area contributed by atoms with Crippen molar-refractivity contribution in [1.82, 2.24) is 9.80 Å². The van der Waals surface area contributed by atoms with Crippen molar-refractivity contribution < 1.29 is 18.8 Å². The third-order valence-electron chi connectivity index (χ3n) is 4.99. The molecule has 2 aromatic rings. The molecule has 1 aromatic carbocycles. The van der Waals surface area contributed by atoms with Gasteiger partial charge in [-0.3, -0.25) is 19.3 Å². The van der Waals surface area contributed by atoms with Crippen LogP contribution in [0, 0.1) is 0 Å². The number of benzene rings is 1. The Kier molecular flexibility index (Phi) is 6.22. The van der Waals surface area contributed by atoms with Gasteiger partial charge in [0.2, 0.25) is 5.91 Å². The Morgan fingerprint density at radius 3 is 2.63 bits per heavy atom. The number of nitrogens with zero attached hydrogens (tertiary/aromatic N) is 2. The summed E-state index contributed by atoms with van der Waals surface area (Å²) in [6, 6.07) is 8.61. The standard InChI is InChI=1S/C21H18Cl2N2O4S/c22-15-6-4-5-14(19(15)23)16-8-7-13(29-16)11-17-20(27)25(21(28)30-17)12-18(26)24-9-2-1-3-10-24/h4-8,11H,1-3,9-10,12H2/b17-11-. The van der Waals surface area contributed by atoms with E-state index in [2.05, 4.69) is 0 Å². The predicted octanol–water partition coefficient (Wildman–Crippen LogP) is 5.30. The van der Waals surface area contributed by atoms with Gasteiger partial charge < -0.3 is 9.32 Å². The van der Waals surface area contributed by atoms with Crippen LogP contribution in [0.1, 0.15) is 25.0 Å². The Bertz CT molecular complexity index is 1040. The van der Waals surface area contributed by atoms with E-state index in [0.717, 1.165) is 35.9 Å². The largest absolute Gasteiger partial charge is 0.457 e. The van der Waals surface area contributed by atoms with Gasteiger partial charge in [0.15, 0.2) is 0 Å². The monoisotopic (exact) mass is 464 g/mol. The number of halogens is 2. The Hall–Kier alpha value is -2.22. The van der Waals surface area contributed by atoms with Crippen molar-refractivity contribution in [2.45, 2.75) is 19.3 Å². The lowest BCUT2D eigenvalue weighted by atomic mass is 10.1. The summed E-state index contributed by atoms with van der Waals surface area (Å²) < 4.78 is 5.77. The minimum absolute atomic E-state index is 0.200. The van der Waals surface area contributed by atoms with Crippen molar-refractivity contribution in [3.63, 3.8) is 0 Å². The maximum Gasteiger partial charge on any atom is 0.294 e. The second kappa shape index (κ2) is 8.88. The highest BCUT2D eigenvalue weighted by Gasteiger charge is 2.37. The first-order valence-corrected chi connectivity index (χ1v) is 11.1. The molecule has 3 heterocycles. The second-order valence-electron chi connectivity index (χ2n) is 7.01. The van der Waals surface area contributed by atoms with Gasteiger partial charge >= 0.3 is 0 Å². The maximum absolute atomic E-state index is 12.7. The summed E-state index contributed by atoms with van der Waals surface area (Å²) in [5, 5.41) is 0.324. The third kappa shape index (κ3) is 4.29. The van der Waals surface area contributed by atoms with E-state index in [1.807, 2.05) is 0 Å². The molecule has 9 heteroatoms. The smallest absolute Gasteiger partial charge is 0.294 e. The molecular formula is C21H18Cl2N2O4S. The zero-order valence-corrected chi connectivity index (χ0v) is 18.2. The van der Waals surface area contributed by atoms with Crippen molar-refractivity contribution in [2.24, 2.45) is 0 Å². The Labute approximate surface area is 187 Å². The minimum Gasteiger partial charge on any atom is -0.457 e. The van der Waals surface area contributed by atoms with Crippen LogP contribution in [-0.4, -0.2) is 46.5 Å². The molecule has 30 heavy (non-hydrogen) atoms. The lowest BCUT2D eigenvalue weighted by molar-refractivity contribution is -0.136. The zero-order valence-electron chi connectivity index (χ0n) is 15.9. The number of furan rings is 1. The number of imide groups is 1. The summed E-state index contributed by atoms with van der Waals surface area (Å²) in [5.41, 5.74) is 0.629. The fourth-order valence-corrected chi connectivity index (χ4v) is 4.63. The first kappa shape index (κ1) is 21.0. The third-order valence-corrected chi connectivity index (χ3v) is 6.72. The summed E-state index contributed by atoms with van der Waals surface area (Å²) in [5.74, 6) is 0.199. The van der Waals surface area contributed by atoms with Gasteiger partial charge in [-0.05, 0) is 55.3 Å². The average Bonchev–Trinajstić information content (AvgIpc) is 3.31. The predicted molar refractivity (Wildman–Crippen MR) is 117 cm³/mol. The van der Waals surface area contributed by atoms with Gasteiger partial charge in [-0.2, -0.15) is 0 Å². The molecule has 2 aliphatic heterocycles. The van der Waals surface area contributed by atoms with E-state index >= 15 is 0 Å². The normalized spacial score (nSPS) is 18.5. The summed E-state index contributed by atoms with van der Waals surface area (Å²) in [6.07, 6.45) is 4.49. The summed E-state index contributed by atoms with van der Waals surface area (Å²) in [7, 11) is 0. The number of likely N-dealkylation sites (tertiary alicyclic amines) is 1. The molecule has 0 bridgehead atoms. The SMILES string of the molecule is O=C(CN1C(=O)S/C(=C\c2ccc(-c3cccc(Cl)c3Cl)o2)C1=O)N1CCCCC1. The van der Waals surface area contributed by atoms with Crippen molar-refractivity contribution in [3.8, 4) is 11.3 Å². The van der Waals surface area contributed by atoms with E-state index in [1.54, 1.807) is 35.2 Å². The zero-order chi connectivity index (χ0) is 21.3. The summed E-state index contributed by atoms with van der Waals surface area (Å²) in [4.78, 5) is 40.3. The maximum atomic E-state index is 12.7. The number of thioether (sulfide) groups is 1. The Balaban J connectivity index is 1.49. The van der Waals surface area contributed by atoms with Crippen molar-refractivity contribution in [2.75, 3.05) is 19.6 Å². The van der Waals surface area contributed by atoms with Gasteiger partial charge in [0, 0.05) is 24.7 Å². The number of amides is 3. The van der Waals surface area contributed by atoms with Gasteiger partial charge in [0.1, 0.15) is 18.1 Å². The Morgan fingerprint density at radius 2 is 1.87 bits per heavy atom. The highest BCUT2D eigenvalue weighted by molar-refractivity contribution is 8.18. The fraction of sp³-hybridized carbons (Fsp3) is 0.286. The van der Waals surface area contributed by atoms with E-state index in [1.165, 1.54) is 6.08 Å². The lowest BCUT2D eigenvalue weighted by Crippen LogP contribution is -2.44. The van der Waals surface area contributed by atoms with E-state index in [0.29, 0.717) is 40.2 Å². The molecular weight excluding hydrogens is 447 g/mol. The molecule has 2 fully saturated rings. The van der Waals surface area contributed by atoms with E-state index in [-0.39, 0.29) is 17.4 Å². The van der Waals surface area contributed by atoms with E-state index in [9.17, 15) is 14.4 Å². The first-order chi connectivity index (χ1) is 14.4. The van der Waals surface area contributed by atoms with Gasteiger partial charge in [-0.15, -0.1) is 0 Å². The summed E-state index contributed by atoms with van der Waals surface area (Å²) in [6.45, 7) is 1.11. The lowest BCUT2D eigenvalue weighted by Gasteiger charge is -2.27. The highest BCUT2D eigenvalue weighted by atomic mass is 35.5. The number of carbonyl (C=O) groups is 3. The van der Waals surface area contributed by atoms with Gasteiger partial charge in [-0.25, -0.2) is 0 Å². The minimum atomic E-state index is -0.492. The molecule has 0 unspecified atom stereocenters. The van der Waals surface area contributed by atoms with Crippen LogP contribution >= 0.6 is 35.0 Å². The fourth-order valence-electron chi connectivity index (χ4n) is 3.41. The molecule has 1 aromatic heterocycles. The van der Waals surface area contributed by atoms with Crippen LogP contribution in [0.3, 0.4) is 0 Å². The molecule has 0 spiro atoms. The van der Waals surface area contributed by atoms with Crippen molar-refractivity contribution in [3.05, 3.63) is 51.0 Å². The molecule has 0 aliphatic carbocycles. The molecule has 3 amide bonds.